The molecule has 0 aliphatic heterocycles. The minimum absolute atomic E-state index is 1.12. The van der Waals surface area contributed by atoms with Crippen molar-refractivity contribution in [3.8, 4) is 0 Å². The summed E-state index contributed by atoms with van der Waals surface area (Å²) in [6.07, 6.45) is 30.9. The van der Waals surface area contributed by atoms with Gasteiger partial charge in [0.1, 0.15) is 0 Å². The first-order valence-electron chi connectivity index (χ1n) is 15.1. The van der Waals surface area contributed by atoms with Crippen molar-refractivity contribution in [2.45, 2.75) is 151 Å². The number of hydrogen-bond donors (Lipinski definition) is 0. The zero-order valence-corrected chi connectivity index (χ0v) is 27.8. The summed E-state index contributed by atoms with van der Waals surface area (Å²) in [6.45, 7) is 0. The van der Waals surface area contributed by atoms with Crippen LogP contribution in [0.5, 0.6) is 0 Å². The molecule has 0 heterocycles. The van der Waals surface area contributed by atoms with Crippen LogP contribution in [0, 0.1) is 0 Å². The van der Waals surface area contributed by atoms with Crippen molar-refractivity contribution < 1.29 is 13.5 Å². The van der Waals surface area contributed by atoms with E-state index >= 15 is 0 Å². The molecule has 1 aromatic rings. The standard InChI is InChI=1S/2C12H23P.C7H6.2ClH.Ru/c2*1-3-7-11(8-4-1)13-12-9-5-2-6-10-12;1-7-5-3-2-4-6-7;;;/h2*11-13H,1-10H2;1-6H;2*1H;/q;;;;;+2/p-2. The second kappa shape index (κ2) is 20.1. The maximum atomic E-state index is 5.67. The van der Waals surface area contributed by atoms with Crippen molar-refractivity contribution in [1.82, 2.24) is 0 Å². The van der Waals surface area contributed by atoms with Gasteiger partial charge in [-0.3, -0.25) is 0 Å². The van der Waals surface area contributed by atoms with E-state index in [0.29, 0.717) is 0 Å². The predicted octanol–water partition coefficient (Wildman–Crippen LogP) is 11.4. The van der Waals surface area contributed by atoms with Gasteiger partial charge in [-0.25, -0.2) is 0 Å². The predicted molar refractivity (Wildman–Crippen MR) is 167 cm³/mol. The normalized spacial score (nSPS) is 23.0. The van der Waals surface area contributed by atoms with E-state index in [1.165, 1.54) is 94.2 Å². The SMILES string of the molecule is C1CCC(PC2CCCCC2)CC1.C1CCC(PC2CCCCC2)CC1.[Cl][Ru]([Cl])=[CH]c1ccccc1. The molecular formula is C31H52Cl2P2Ru. The van der Waals surface area contributed by atoms with E-state index in [-0.39, 0.29) is 0 Å². The van der Waals surface area contributed by atoms with Crippen molar-refractivity contribution in [3.05, 3.63) is 35.9 Å². The van der Waals surface area contributed by atoms with Gasteiger partial charge in [0.25, 0.3) is 0 Å². The third-order valence-corrected chi connectivity index (χ3v) is 14.4. The van der Waals surface area contributed by atoms with Crippen molar-refractivity contribution in [1.29, 1.82) is 0 Å². The molecule has 0 amide bonds. The summed E-state index contributed by atoms with van der Waals surface area (Å²) in [6, 6.07) is 9.89. The van der Waals surface area contributed by atoms with Crippen molar-refractivity contribution >= 4 is 41.2 Å². The molecular weight excluding hydrogens is 606 g/mol. The van der Waals surface area contributed by atoms with E-state index in [0.717, 1.165) is 28.2 Å². The van der Waals surface area contributed by atoms with Crippen LogP contribution in [0.1, 0.15) is 134 Å². The summed E-state index contributed by atoms with van der Waals surface area (Å²) in [5.74, 6) is 0. The summed E-state index contributed by atoms with van der Waals surface area (Å²) < 4.78 is 1.92. The molecule has 5 rings (SSSR count). The van der Waals surface area contributed by atoms with Gasteiger partial charge in [-0.1, -0.05) is 77.0 Å². The van der Waals surface area contributed by atoms with Crippen molar-refractivity contribution in [2.75, 3.05) is 0 Å². The van der Waals surface area contributed by atoms with Crippen LogP contribution in [0.15, 0.2) is 30.3 Å². The third-order valence-electron chi connectivity index (χ3n) is 8.36. The summed E-state index contributed by atoms with van der Waals surface area (Å²) in [5.41, 5.74) is 5.72. The van der Waals surface area contributed by atoms with Crippen LogP contribution in [0.4, 0.5) is 0 Å². The van der Waals surface area contributed by atoms with E-state index in [1.807, 2.05) is 34.9 Å². The Morgan fingerprint density at radius 1 is 0.500 bits per heavy atom. The van der Waals surface area contributed by atoms with Gasteiger partial charge in [-0.2, -0.15) is 0 Å². The quantitative estimate of drug-likeness (QED) is 0.218. The Hall–Kier alpha value is 1.15. The summed E-state index contributed by atoms with van der Waals surface area (Å²) in [7, 11) is 14.0. The molecule has 0 N–H and O–H groups in total. The molecule has 36 heavy (non-hydrogen) atoms. The summed E-state index contributed by atoms with van der Waals surface area (Å²) in [5, 5.41) is 0. The number of hydrogen-bond acceptors (Lipinski definition) is 0. The van der Waals surface area contributed by atoms with Gasteiger partial charge >= 0.3 is 73.4 Å². The monoisotopic (exact) mass is 658 g/mol. The third kappa shape index (κ3) is 14.5. The van der Waals surface area contributed by atoms with Gasteiger partial charge in [0, 0.05) is 0 Å². The molecule has 4 saturated carbocycles. The molecule has 5 heteroatoms. The van der Waals surface area contributed by atoms with Gasteiger partial charge in [0.2, 0.25) is 0 Å². The van der Waals surface area contributed by atoms with Crippen LogP contribution >= 0.6 is 36.5 Å². The second-order valence-electron chi connectivity index (χ2n) is 11.4. The molecule has 0 spiro atoms. The first-order chi connectivity index (χ1) is 17.7. The Morgan fingerprint density at radius 2 is 0.806 bits per heavy atom. The zero-order valence-electron chi connectivity index (χ0n) is 22.5. The molecule has 0 unspecified atom stereocenters. The van der Waals surface area contributed by atoms with Crippen LogP contribution < -0.4 is 0 Å². The first-order valence-corrected chi connectivity index (χ1v) is 22.9. The first kappa shape index (κ1) is 31.7. The van der Waals surface area contributed by atoms with Gasteiger partial charge in [-0.05, 0) is 74.0 Å². The van der Waals surface area contributed by atoms with E-state index in [2.05, 4.69) is 0 Å². The molecule has 4 fully saturated rings. The number of halogens is 2. The van der Waals surface area contributed by atoms with Gasteiger partial charge < -0.3 is 0 Å². The molecule has 0 radical (unpaired) electrons. The Labute approximate surface area is 240 Å². The molecule has 0 nitrogen and oxygen atoms in total. The molecule has 208 valence electrons. The van der Waals surface area contributed by atoms with Crippen LogP contribution in [0.2, 0.25) is 0 Å². The fourth-order valence-corrected chi connectivity index (χ4v) is 12.5. The Bertz CT molecular complexity index is 620. The molecule has 4 aliphatic rings. The molecule has 0 bridgehead atoms. The maximum absolute atomic E-state index is 5.67. The van der Waals surface area contributed by atoms with Gasteiger partial charge in [0.15, 0.2) is 0 Å². The van der Waals surface area contributed by atoms with E-state index in [1.54, 1.807) is 51.4 Å². The molecule has 0 aromatic heterocycles. The second-order valence-corrected chi connectivity index (χ2v) is 21.0. The van der Waals surface area contributed by atoms with Crippen molar-refractivity contribution in [2.24, 2.45) is 0 Å². The summed E-state index contributed by atoms with van der Waals surface area (Å²) in [4.78, 5) is 0. The summed E-state index contributed by atoms with van der Waals surface area (Å²) >= 11 is -1.61. The van der Waals surface area contributed by atoms with E-state index in [9.17, 15) is 0 Å². The number of rotatable bonds is 5. The van der Waals surface area contributed by atoms with Crippen LogP contribution in [-0.2, 0) is 13.5 Å². The average molecular weight is 659 g/mol. The number of benzene rings is 1. The molecule has 0 atom stereocenters. The average Bonchev–Trinajstić information content (AvgIpc) is 2.92. The van der Waals surface area contributed by atoms with Gasteiger partial charge in [0.05, 0.1) is 0 Å². The van der Waals surface area contributed by atoms with Crippen molar-refractivity contribution in [3.63, 3.8) is 0 Å². The zero-order chi connectivity index (χ0) is 25.3. The van der Waals surface area contributed by atoms with Crippen LogP contribution in [0.25, 0.3) is 0 Å². The van der Waals surface area contributed by atoms with Crippen LogP contribution in [-0.4, -0.2) is 27.2 Å². The Balaban J connectivity index is 0.000000152. The fourth-order valence-electron chi connectivity index (χ4n) is 6.35. The topological polar surface area (TPSA) is 0 Å². The van der Waals surface area contributed by atoms with Gasteiger partial charge in [-0.15, -0.1) is 17.2 Å². The van der Waals surface area contributed by atoms with Crippen LogP contribution in [0.3, 0.4) is 0 Å². The fraction of sp³-hybridized carbons (Fsp3) is 0.774. The molecule has 1 aromatic carbocycles. The Kier molecular flexibility index (Phi) is 17.7. The Morgan fingerprint density at radius 3 is 1.08 bits per heavy atom. The van der Waals surface area contributed by atoms with E-state index < -0.39 is 13.5 Å². The minimum atomic E-state index is -1.61. The molecule has 0 saturated heterocycles. The van der Waals surface area contributed by atoms with E-state index in [4.69, 9.17) is 19.4 Å². The molecule has 4 aliphatic carbocycles.